The Balaban J connectivity index is 0.000000258. The molecule has 8 aromatic rings. The molecule has 0 aliphatic carbocycles. The maximum absolute atomic E-state index is 11.1. The second kappa shape index (κ2) is 29.0. The molecule has 0 amide bonds. The number of halogens is 2. The van der Waals surface area contributed by atoms with E-state index in [2.05, 4.69) is 136 Å². The zero-order valence-electron chi connectivity index (χ0n) is 39.6. The van der Waals surface area contributed by atoms with E-state index in [4.69, 9.17) is 20.4 Å². The molecule has 0 unspecified atom stereocenters. The van der Waals surface area contributed by atoms with Gasteiger partial charge in [0.2, 0.25) is 0 Å². The van der Waals surface area contributed by atoms with Gasteiger partial charge < -0.3 is 5.32 Å². The van der Waals surface area contributed by atoms with E-state index < -0.39 is 42.1 Å². The maximum Gasteiger partial charge on any atom is -0.0134 e. The number of para-hydroxylation sites is 1. The number of hydrogen-bond acceptors (Lipinski definition) is 10. The van der Waals surface area contributed by atoms with Crippen LogP contribution >= 0.6 is 45.6 Å². The third kappa shape index (κ3) is 18.9. The average Bonchev–Trinajstić information content (AvgIpc) is 3.36. The number of aryl methyl sites for hydroxylation is 1. The molecule has 8 rings (SSSR count). The summed E-state index contributed by atoms with van der Waals surface area (Å²) in [6.45, 7) is 9.73. The summed E-state index contributed by atoms with van der Waals surface area (Å²) in [5, 5.41) is 9.28. The standard InChI is InChI=1S/C18H15P.2C14H14ClO4P.C9H11NS2.2Au/c1-4-10-16(11-5-1)19(17-12-6-2-7-13-17)18-14-8-3-9-15-18;2*1-20(2,19-15(16,17)18,13-9-5-3-6-10-13)14-11-7-4-8-12-14;1-7-5-3-4-6-8(7)10-9(11)12-2;;/h1-15H;2*3-12H,1-2H2;3-6H,1-2H3,(H,10,11);;/q;2*-2;;;. The fourth-order valence-corrected chi connectivity index (χ4v) is 18.2. The van der Waals surface area contributed by atoms with Crippen LogP contribution < -0.4 is 70.4 Å². The van der Waals surface area contributed by atoms with Crippen molar-refractivity contribution in [3.05, 3.63) is 269 Å². The number of thiocarbonyl (C=S) groups is 1. The SMILES string of the molecule is CSC(=S)Nc1ccccc1C.[Au].[Au].[CH2-]P([CH2-])(O[Cl+3]([O-])([O-])[O-])(c1ccccc1)c1ccccc1.[CH2-]P([CH2-])(O[Cl+3]([O-])([O-])[O-])(c1ccccc1)c1ccccc1.c1ccc(P(c2ccccc2)c2ccccc2)cc1. The molecular formula is C55H54Au2Cl2NO8P3S2-4. The summed E-state index contributed by atoms with van der Waals surface area (Å²) in [6.07, 6.45) is 1.97. The van der Waals surface area contributed by atoms with Crippen molar-refractivity contribution in [2.75, 3.05) is 11.6 Å². The van der Waals surface area contributed by atoms with Crippen LogP contribution in [0.2, 0.25) is 0 Å². The van der Waals surface area contributed by atoms with Crippen LogP contribution in [0.15, 0.2) is 237 Å². The second-order valence-electron chi connectivity index (χ2n) is 15.8. The Morgan fingerprint density at radius 3 is 0.904 bits per heavy atom. The monoisotopic (exact) mass is 1480 g/mol. The number of thioether (sulfide) groups is 1. The van der Waals surface area contributed by atoms with E-state index in [0.29, 0.717) is 21.2 Å². The molecular weight excluding hydrogens is 1420 g/mol. The smallest absolute Gasteiger partial charge is 0.0134 e. The Labute approximate surface area is 477 Å². The zero-order valence-corrected chi connectivity index (χ0v) is 49.8. The molecule has 0 aliphatic heterocycles. The Kier molecular flexibility index (Phi) is 25.5. The Bertz CT molecular complexity index is 2580. The Hall–Kier alpha value is -2.97. The number of rotatable bonds is 12. The van der Waals surface area contributed by atoms with E-state index in [0.717, 1.165) is 10.0 Å². The van der Waals surface area contributed by atoms with Crippen molar-refractivity contribution >= 4 is 92.7 Å². The fraction of sp³-hybridized carbons (Fsp3) is 0.0364. The van der Waals surface area contributed by atoms with E-state index in [1.165, 1.54) is 21.5 Å². The van der Waals surface area contributed by atoms with Gasteiger partial charge in [0.1, 0.15) is 4.32 Å². The molecule has 0 fully saturated rings. The molecule has 0 saturated heterocycles. The zero-order chi connectivity index (χ0) is 51.7. The van der Waals surface area contributed by atoms with Crippen LogP contribution in [-0.2, 0) is 52.9 Å². The van der Waals surface area contributed by atoms with Gasteiger partial charge in [0.15, 0.2) is 0 Å². The quantitative estimate of drug-likeness (QED) is 0.0690. The van der Waals surface area contributed by atoms with Gasteiger partial charge in [0, 0.05) is 50.4 Å². The molecule has 0 aliphatic rings. The van der Waals surface area contributed by atoms with Crippen molar-refractivity contribution in [2.24, 2.45) is 0 Å². The molecule has 0 saturated carbocycles. The summed E-state index contributed by atoms with van der Waals surface area (Å²) >= 11 is 6.60. The van der Waals surface area contributed by atoms with Gasteiger partial charge in [0.25, 0.3) is 0 Å². The normalized spacial score (nSPS) is 12.3. The first-order chi connectivity index (χ1) is 33.6. The number of nitrogens with one attached hydrogen (secondary N) is 1. The summed E-state index contributed by atoms with van der Waals surface area (Å²) in [7, 11) is -9.76. The third-order valence-electron chi connectivity index (χ3n) is 10.5. The van der Waals surface area contributed by atoms with Crippen molar-refractivity contribution in [3.8, 4) is 0 Å². The Morgan fingerprint density at radius 1 is 0.438 bits per heavy atom. The van der Waals surface area contributed by atoms with Crippen molar-refractivity contribution in [3.63, 3.8) is 0 Å². The van der Waals surface area contributed by atoms with E-state index in [9.17, 15) is 28.0 Å². The number of benzene rings is 8. The fourth-order valence-electron chi connectivity index (χ4n) is 7.01. The van der Waals surface area contributed by atoms with Crippen molar-refractivity contribution in [1.82, 2.24) is 0 Å². The predicted molar refractivity (Wildman–Crippen MR) is 288 cm³/mol. The first-order valence-electron chi connectivity index (χ1n) is 21.4. The summed E-state index contributed by atoms with van der Waals surface area (Å²) in [4.78, 5) is 0. The third-order valence-corrected chi connectivity index (χ3v) is 24.1. The van der Waals surface area contributed by atoms with Crippen molar-refractivity contribution in [2.45, 2.75) is 6.92 Å². The minimum Gasteiger partial charge on any atom is -0.0622 e. The van der Waals surface area contributed by atoms with E-state index in [1.807, 2.05) is 24.5 Å². The van der Waals surface area contributed by atoms with Crippen LogP contribution in [0.25, 0.3) is 0 Å². The van der Waals surface area contributed by atoms with Crippen LogP contribution in [0, 0.1) is 54.1 Å². The van der Waals surface area contributed by atoms with Gasteiger partial charge in [-0.15, -0.1) is 11.8 Å². The molecule has 9 nitrogen and oxygen atoms in total. The maximum atomic E-state index is 11.1. The molecule has 0 spiro atoms. The van der Waals surface area contributed by atoms with Crippen LogP contribution in [-0.4, -0.2) is 10.6 Å². The number of hydrogen-bond donors (Lipinski definition) is 1. The summed E-state index contributed by atoms with van der Waals surface area (Å²) in [6, 6.07) is 74.5. The van der Waals surface area contributed by atoms with E-state index >= 15 is 0 Å². The van der Waals surface area contributed by atoms with Crippen LogP contribution in [0.5, 0.6) is 0 Å². The van der Waals surface area contributed by atoms with Gasteiger partial charge >= 0.3 is 239 Å². The molecule has 2 radical (unpaired) electrons. The molecule has 73 heavy (non-hydrogen) atoms. The molecule has 1 N–H and O–H groups in total. The van der Waals surface area contributed by atoms with Crippen molar-refractivity contribution < 1.29 is 101 Å². The van der Waals surface area contributed by atoms with Gasteiger partial charge in [-0.05, 0) is 48.6 Å². The van der Waals surface area contributed by atoms with E-state index in [-0.39, 0.29) is 44.8 Å². The molecule has 0 heterocycles. The second-order valence-corrected chi connectivity index (χ2v) is 29.8. The van der Waals surface area contributed by atoms with Gasteiger partial charge in [-0.3, -0.25) is 0 Å². The minimum absolute atomic E-state index is 0. The summed E-state index contributed by atoms with van der Waals surface area (Å²) < 4.78 is 77.4. The average molecular weight is 1480 g/mol. The van der Waals surface area contributed by atoms with E-state index in [1.54, 1.807) is 133 Å². The van der Waals surface area contributed by atoms with Crippen LogP contribution in [0.4, 0.5) is 5.69 Å². The van der Waals surface area contributed by atoms with Crippen LogP contribution in [0.3, 0.4) is 0 Å². The first kappa shape index (κ1) is 64.3. The molecule has 8 aromatic carbocycles. The topological polar surface area (TPSA) is 169 Å². The van der Waals surface area contributed by atoms with Gasteiger partial charge in [-0.1, -0.05) is 121 Å². The largest absolute Gasteiger partial charge is 0.0622 e. The molecule has 394 valence electrons. The number of anilines is 1. The first-order valence-corrected chi connectivity index (χ1v) is 31.9. The molecule has 0 bridgehead atoms. The predicted octanol–water partition coefficient (Wildman–Crippen LogP) is 5.70. The summed E-state index contributed by atoms with van der Waals surface area (Å²) in [5.41, 5.74) is 2.31. The molecule has 0 aromatic heterocycles. The van der Waals surface area contributed by atoms with Gasteiger partial charge in [-0.25, -0.2) is 0 Å². The molecule has 18 heteroatoms. The van der Waals surface area contributed by atoms with Crippen LogP contribution in [0.1, 0.15) is 5.56 Å². The minimum atomic E-state index is -4.66. The Morgan fingerprint density at radius 2 is 0.671 bits per heavy atom. The van der Waals surface area contributed by atoms with Gasteiger partial charge in [-0.2, -0.15) is 0 Å². The molecule has 0 atom stereocenters. The van der Waals surface area contributed by atoms with Crippen molar-refractivity contribution in [1.29, 1.82) is 0 Å². The van der Waals surface area contributed by atoms with Gasteiger partial charge in [0.05, 0.1) is 0 Å². The summed E-state index contributed by atoms with van der Waals surface area (Å²) in [5.74, 6) is 0.